The van der Waals surface area contributed by atoms with Gasteiger partial charge in [0.15, 0.2) is 0 Å². The topological polar surface area (TPSA) is 29.9 Å². The first-order chi connectivity index (χ1) is 8.11. The highest BCUT2D eigenvalue weighted by molar-refractivity contribution is 5.66. The van der Waals surface area contributed by atoms with Crippen molar-refractivity contribution in [3.8, 4) is 11.1 Å². The molecule has 90 valence electrons. The Kier molecular flexibility index (Phi) is 3.19. The number of nitrogens with zero attached hydrogens (tertiary/aromatic N) is 2. The number of hydrogen-bond acceptors (Lipinski definition) is 2. The van der Waals surface area contributed by atoms with Crippen LogP contribution in [0.4, 0.5) is 8.78 Å². The average Bonchev–Trinajstić information content (AvgIpc) is 2.64. The van der Waals surface area contributed by atoms with Crippen LogP contribution < -0.4 is 5.32 Å². The molecule has 0 radical (unpaired) electrons. The lowest BCUT2D eigenvalue weighted by Gasteiger charge is -2.03. The Hall–Kier alpha value is -1.75. The summed E-state index contributed by atoms with van der Waals surface area (Å²) < 4.78 is 28.4. The van der Waals surface area contributed by atoms with Crippen LogP contribution in [0.5, 0.6) is 0 Å². The minimum atomic E-state index is -0.458. The van der Waals surface area contributed by atoms with Crippen LogP contribution in [0.1, 0.15) is 5.69 Å². The van der Waals surface area contributed by atoms with Gasteiger partial charge in [0.1, 0.15) is 11.6 Å². The van der Waals surface area contributed by atoms with Crippen molar-refractivity contribution in [1.29, 1.82) is 0 Å². The minimum Gasteiger partial charge on any atom is -0.314 e. The van der Waals surface area contributed by atoms with E-state index in [1.807, 2.05) is 0 Å². The minimum absolute atomic E-state index is 0.239. The molecule has 3 nitrogen and oxygen atoms in total. The summed E-state index contributed by atoms with van der Waals surface area (Å²) >= 11 is 0. The molecule has 2 rings (SSSR count). The number of aryl methyl sites for hydroxylation is 1. The molecule has 17 heavy (non-hydrogen) atoms. The van der Waals surface area contributed by atoms with E-state index in [4.69, 9.17) is 0 Å². The molecule has 1 aromatic carbocycles. The fourth-order valence-corrected chi connectivity index (χ4v) is 1.76. The van der Waals surface area contributed by atoms with E-state index in [1.165, 1.54) is 6.07 Å². The Bertz CT molecular complexity index is 535. The molecule has 0 aliphatic heterocycles. The Morgan fingerprint density at radius 1 is 1.29 bits per heavy atom. The molecule has 5 heteroatoms. The predicted molar refractivity (Wildman–Crippen MR) is 61.3 cm³/mol. The number of nitrogens with one attached hydrogen (secondary N) is 1. The number of rotatable bonds is 3. The van der Waals surface area contributed by atoms with Crippen molar-refractivity contribution >= 4 is 0 Å². The average molecular weight is 237 g/mol. The second kappa shape index (κ2) is 4.63. The van der Waals surface area contributed by atoms with Crippen LogP contribution in [0.3, 0.4) is 0 Å². The van der Waals surface area contributed by atoms with E-state index in [-0.39, 0.29) is 5.56 Å². The Balaban J connectivity index is 2.55. The van der Waals surface area contributed by atoms with E-state index in [0.29, 0.717) is 17.8 Å². The summed E-state index contributed by atoms with van der Waals surface area (Å²) in [7, 11) is 3.53. The van der Waals surface area contributed by atoms with E-state index in [1.54, 1.807) is 25.0 Å². The molecule has 0 saturated heterocycles. The van der Waals surface area contributed by atoms with E-state index in [0.717, 1.165) is 12.1 Å². The van der Waals surface area contributed by atoms with Gasteiger partial charge in [0.2, 0.25) is 0 Å². The fourth-order valence-electron chi connectivity index (χ4n) is 1.76. The predicted octanol–water partition coefficient (Wildman–Crippen LogP) is 2.08. The Labute approximate surface area is 98.1 Å². The highest BCUT2D eigenvalue weighted by atomic mass is 19.1. The highest BCUT2D eigenvalue weighted by Crippen LogP contribution is 2.26. The van der Waals surface area contributed by atoms with Gasteiger partial charge in [-0.25, -0.2) is 8.78 Å². The lowest BCUT2D eigenvalue weighted by Crippen LogP contribution is -2.07. The molecule has 0 amide bonds. The highest BCUT2D eigenvalue weighted by Gasteiger charge is 2.13. The summed E-state index contributed by atoms with van der Waals surface area (Å²) in [5, 5.41) is 7.16. The van der Waals surface area contributed by atoms with Gasteiger partial charge in [-0.15, -0.1) is 0 Å². The lowest BCUT2D eigenvalue weighted by atomic mass is 10.1. The number of aromatic nitrogens is 2. The van der Waals surface area contributed by atoms with E-state index in [9.17, 15) is 8.78 Å². The summed E-state index contributed by atoms with van der Waals surface area (Å²) in [6.45, 7) is 0.506. The van der Waals surface area contributed by atoms with Gasteiger partial charge in [-0.3, -0.25) is 4.68 Å². The van der Waals surface area contributed by atoms with Crippen LogP contribution >= 0.6 is 0 Å². The molecule has 0 spiro atoms. The first-order valence-corrected chi connectivity index (χ1v) is 5.24. The standard InChI is InChI=1S/C12H13F2N3/c1-15-6-12-10(7-17(2)16-12)9-5-8(13)3-4-11(9)14/h3-5,7,15H,6H2,1-2H3. The van der Waals surface area contributed by atoms with Gasteiger partial charge in [-0.2, -0.15) is 5.10 Å². The maximum absolute atomic E-state index is 13.7. The third-order valence-corrected chi connectivity index (χ3v) is 2.47. The molecular formula is C12H13F2N3. The largest absolute Gasteiger partial charge is 0.314 e. The van der Waals surface area contributed by atoms with Crippen LogP contribution in [0, 0.1) is 11.6 Å². The maximum Gasteiger partial charge on any atom is 0.131 e. The van der Waals surface area contributed by atoms with Crippen molar-refractivity contribution in [3.63, 3.8) is 0 Å². The van der Waals surface area contributed by atoms with Gasteiger partial charge in [-0.1, -0.05) is 0 Å². The molecule has 0 saturated carbocycles. The van der Waals surface area contributed by atoms with Crippen LogP contribution in [-0.4, -0.2) is 16.8 Å². The zero-order valence-corrected chi connectivity index (χ0v) is 9.67. The summed E-state index contributed by atoms with van der Waals surface area (Å²) in [5.41, 5.74) is 1.54. The zero-order chi connectivity index (χ0) is 12.4. The van der Waals surface area contributed by atoms with Gasteiger partial charge < -0.3 is 5.32 Å². The summed E-state index contributed by atoms with van der Waals surface area (Å²) in [6, 6.07) is 3.42. The zero-order valence-electron chi connectivity index (χ0n) is 9.67. The quantitative estimate of drug-likeness (QED) is 0.885. The number of halogens is 2. The van der Waals surface area contributed by atoms with Crippen molar-refractivity contribution in [2.24, 2.45) is 7.05 Å². The smallest absolute Gasteiger partial charge is 0.131 e. The van der Waals surface area contributed by atoms with Crippen molar-refractivity contribution in [2.45, 2.75) is 6.54 Å². The monoisotopic (exact) mass is 237 g/mol. The molecule has 0 aliphatic rings. The SMILES string of the molecule is CNCc1nn(C)cc1-c1cc(F)ccc1F. The molecule has 2 aromatic rings. The molecule has 1 heterocycles. The van der Waals surface area contributed by atoms with Crippen molar-refractivity contribution in [3.05, 3.63) is 41.7 Å². The van der Waals surface area contributed by atoms with Crippen LogP contribution in [-0.2, 0) is 13.6 Å². The Morgan fingerprint density at radius 2 is 2.06 bits per heavy atom. The van der Waals surface area contributed by atoms with Crippen molar-refractivity contribution in [2.75, 3.05) is 7.05 Å². The van der Waals surface area contributed by atoms with Crippen molar-refractivity contribution < 1.29 is 8.78 Å². The third-order valence-electron chi connectivity index (χ3n) is 2.47. The molecule has 1 N–H and O–H groups in total. The molecule has 1 aromatic heterocycles. The third kappa shape index (κ3) is 2.34. The normalized spacial score (nSPS) is 10.8. The van der Waals surface area contributed by atoms with Crippen LogP contribution in [0.25, 0.3) is 11.1 Å². The molecule has 0 aliphatic carbocycles. The fraction of sp³-hybridized carbons (Fsp3) is 0.250. The Morgan fingerprint density at radius 3 is 2.76 bits per heavy atom. The van der Waals surface area contributed by atoms with Gasteiger partial charge in [0.25, 0.3) is 0 Å². The van der Waals surface area contributed by atoms with Gasteiger partial charge in [0, 0.05) is 30.9 Å². The first-order valence-electron chi connectivity index (χ1n) is 5.24. The summed E-state index contributed by atoms with van der Waals surface area (Å²) in [4.78, 5) is 0. The molecule has 0 atom stereocenters. The number of hydrogen-bond donors (Lipinski definition) is 1. The van der Waals surface area contributed by atoms with E-state index in [2.05, 4.69) is 10.4 Å². The second-order valence-corrected chi connectivity index (χ2v) is 3.82. The van der Waals surface area contributed by atoms with Crippen LogP contribution in [0.15, 0.2) is 24.4 Å². The summed E-state index contributed by atoms with van der Waals surface area (Å²) in [6.07, 6.45) is 1.69. The molecule has 0 unspecified atom stereocenters. The lowest BCUT2D eigenvalue weighted by molar-refractivity contribution is 0.603. The first kappa shape index (κ1) is 11.7. The number of benzene rings is 1. The molecule has 0 bridgehead atoms. The molecular weight excluding hydrogens is 224 g/mol. The molecule has 0 fully saturated rings. The van der Waals surface area contributed by atoms with Gasteiger partial charge >= 0.3 is 0 Å². The second-order valence-electron chi connectivity index (χ2n) is 3.82. The van der Waals surface area contributed by atoms with Crippen LogP contribution in [0.2, 0.25) is 0 Å². The summed E-state index contributed by atoms with van der Waals surface area (Å²) in [5.74, 6) is -0.905. The van der Waals surface area contributed by atoms with Gasteiger partial charge in [0.05, 0.1) is 5.69 Å². The van der Waals surface area contributed by atoms with Crippen molar-refractivity contribution in [1.82, 2.24) is 15.1 Å². The van der Waals surface area contributed by atoms with E-state index >= 15 is 0 Å². The van der Waals surface area contributed by atoms with Gasteiger partial charge in [-0.05, 0) is 25.2 Å². The van der Waals surface area contributed by atoms with E-state index < -0.39 is 11.6 Å². The maximum atomic E-state index is 13.7.